The molecule has 0 aliphatic heterocycles. The van der Waals surface area contributed by atoms with Crippen LogP contribution in [0.15, 0.2) is 12.2 Å². The Bertz CT molecular complexity index is 365. The Morgan fingerprint density at radius 1 is 1.18 bits per heavy atom. The van der Waals surface area contributed by atoms with Gasteiger partial charge in [-0.2, -0.15) is 0 Å². The number of ether oxygens (including phenoxy) is 1. The van der Waals surface area contributed by atoms with Crippen LogP contribution < -0.4 is 0 Å². The molecule has 2 saturated carbocycles. The Morgan fingerprint density at radius 3 is 2.18 bits per heavy atom. The monoisotopic (exact) mass is 236 g/mol. The van der Waals surface area contributed by atoms with Crippen LogP contribution in [-0.2, 0) is 9.53 Å². The molecule has 0 heterocycles. The number of fused-ring (bicyclic) bond motifs is 2. The summed E-state index contributed by atoms with van der Waals surface area (Å²) in [6, 6.07) is 0. The fraction of sp³-hybridized carbons (Fsp3) is 0.800. The molecule has 0 spiro atoms. The van der Waals surface area contributed by atoms with E-state index in [0.29, 0.717) is 22.8 Å². The quantitative estimate of drug-likeness (QED) is 0.541. The molecule has 0 amide bonds. The van der Waals surface area contributed by atoms with Crippen molar-refractivity contribution in [2.75, 3.05) is 0 Å². The first-order valence-electron chi connectivity index (χ1n) is 6.54. The van der Waals surface area contributed by atoms with Crippen LogP contribution in [0.2, 0.25) is 0 Å². The average Bonchev–Trinajstić information content (AvgIpc) is 2.67. The second kappa shape index (κ2) is 3.60. The third-order valence-corrected chi connectivity index (χ3v) is 5.72. The van der Waals surface area contributed by atoms with Gasteiger partial charge < -0.3 is 4.74 Å². The number of carbonyl (C=O) groups is 1. The molecular formula is C15H24O2. The highest BCUT2D eigenvalue weighted by Gasteiger charge is 2.62. The van der Waals surface area contributed by atoms with E-state index >= 15 is 0 Å². The lowest BCUT2D eigenvalue weighted by atomic mass is 9.59. The zero-order valence-corrected chi connectivity index (χ0v) is 11.7. The fourth-order valence-corrected chi connectivity index (χ4v) is 3.72. The maximum Gasteiger partial charge on any atom is 0.333 e. The molecular weight excluding hydrogens is 212 g/mol. The van der Waals surface area contributed by atoms with E-state index in [-0.39, 0.29) is 17.5 Å². The van der Waals surface area contributed by atoms with Crippen LogP contribution in [0.3, 0.4) is 0 Å². The second-order valence-corrected chi connectivity index (χ2v) is 6.94. The molecule has 2 rings (SSSR count). The first-order chi connectivity index (χ1) is 7.68. The summed E-state index contributed by atoms with van der Waals surface area (Å²) in [5.41, 5.74) is 1.10. The highest BCUT2D eigenvalue weighted by molar-refractivity contribution is 5.87. The zero-order chi connectivity index (χ0) is 13.0. The standard InChI is InChI=1S/C15H24O2/c1-9(2)13(16)17-12-8-10-7-11(12)15(5,6)14(10,3)4/h10-12H,1,7-8H2,2-6H3. The van der Waals surface area contributed by atoms with Gasteiger partial charge in [-0.15, -0.1) is 0 Å². The van der Waals surface area contributed by atoms with E-state index in [2.05, 4.69) is 34.3 Å². The normalized spacial score (nSPS) is 36.9. The highest BCUT2D eigenvalue weighted by Crippen LogP contribution is 2.66. The van der Waals surface area contributed by atoms with E-state index in [4.69, 9.17) is 4.74 Å². The lowest BCUT2D eigenvalue weighted by Crippen LogP contribution is -2.45. The number of rotatable bonds is 2. The van der Waals surface area contributed by atoms with Crippen LogP contribution in [0.4, 0.5) is 0 Å². The Hall–Kier alpha value is -0.790. The minimum atomic E-state index is -0.226. The first kappa shape index (κ1) is 12.7. The Labute approximate surface area is 104 Å². The lowest BCUT2D eigenvalue weighted by molar-refractivity contribution is -0.153. The average molecular weight is 236 g/mol. The minimum Gasteiger partial charge on any atom is -0.459 e. The molecule has 96 valence electrons. The summed E-state index contributed by atoms with van der Waals surface area (Å²) in [5.74, 6) is 0.965. The molecule has 0 aromatic rings. The van der Waals surface area contributed by atoms with Gasteiger partial charge in [0.15, 0.2) is 0 Å². The molecule has 0 aromatic carbocycles. The number of hydrogen-bond donors (Lipinski definition) is 0. The summed E-state index contributed by atoms with van der Waals surface area (Å²) < 4.78 is 5.60. The SMILES string of the molecule is C=C(C)C(=O)OC1CC2CC1C(C)(C)C2(C)C. The largest absolute Gasteiger partial charge is 0.459 e. The van der Waals surface area contributed by atoms with E-state index in [1.807, 2.05) is 0 Å². The number of esters is 1. The van der Waals surface area contributed by atoms with Crippen molar-refractivity contribution in [1.29, 1.82) is 0 Å². The van der Waals surface area contributed by atoms with E-state index in [1.165, 1.54) is 6.42 Å². The Morgan fingerprint density at radius 2 is 1.76 bits per heavy atom. The molecule has 2 heteroatoms. The lowest BCUT2D eigenvalue weighted by Gasteiger charge is -2.47. The van der Waals surface area contributed by atoms with Gasteiger partial charge in [-0.1, -0.05) is 34.3 Å². The van der Waals surface area contributed by atoms with Crippen LogP contribution in [-0.4, -0.2) is 12.1 Å². The molecule has 0 aromatic heterocycles. The van der Waals surface area contributed by atoms with Crippen molar-refractivity contribution in [1.82, 2.24) is 0 Å². The maximum atomic E-state index is 11.6. The molecule has 3 unspecified atom stereocenters. The smallest absolute Gasteiger partial charge is 0.333 e. The van der Waals surface area contributed by atoms with Crippen molar-refractivity contribution >= 4 is 5.97 Å². The number of carbonyl (C=O) groups excluding carboxylic acids is 1. The predicted molar refractivity (Wildman–Crippen MR) is 68.5 cm³/mol. The van der Waals surface area contributed by atoms with Crippen LogP contribution in [0.5, 0.6) is 0 Å². The molecule has 0 saturated heterocycles. The topological polar surface area (TPSA) is 26.3 Å². The van der Waals surface area contributed by atoms with Crippen molar-refractivity contribution in [3.63, 3.8) is 0 Å². The fourth-order valence-electron chi connectivity index (χ4n) is 3.72. The van der Waals surface area contributed by atoms with Crippen molar-refractivity contribution < 1.29 is 9.53 Å². The molecule has 0 N–H and O–H groups in total. The van der Waals surface area contributed by atoms with Crippen molar-refractivity contribution in [3.8, 4) is 0 Å². The van der Waals surface area contributed by atoms with Crippen molar-refractivity contribution in [3.05, 3.63) is 12.2 Å². The molecule has 3 atom stereocenters. The summed E-state index contributed by atoms with van der Waals surface area (Å²) in [6.07, 6.45) is 2.33. The Kier molecular flexibility index (Phi) is 2.68. The van der Waals surface area contributed by atoms with Gasteiger partial charge in [-0.25, -0.2) is 4.79 Å². The maximum absolute atomic E-state index is 11.6. The van der Waals surface area contributed by atoms with Gasteiger partial charge in [0, 0.05) is 11.5 Å². The minimum absolute atomic E-state index is 0.104. The number of hydrogen-bond acceptors (Lipinski definition) is 2. The van der Waals surface area contributed by atoms with Gasteiger partial charge >= 0.3 is 5.97 Å². The second-order valence-electron chi connectivity index (χ2n) is 6.94. The van der Waals surface area contributed by atoms with Crippen molar-refractivity contribution in [2.45, 2.75) is 53.6 Å². The van der Waals surface area contributed by atoms with E-state index in [0.717, 1.165) is 6.42 Å². The van der Waals surface area contributed by atoms with Crippen molar-refractivity contribution in [2.24, 2.45) is 22.7 Å². The van der Waals surface area contributed by atoms with Gasteiger partial charge in [0.05, 0.1) is 0 Å². The van der Waals surface area contributed by atoms with Gasteiger partial charge in [0.1, 0.15) is 6.10 Å². The zero-order valence-electron chi connectivity index (χ0n) is 11.7. The third kappa shape index (κ3) is 1.64. The van der Waals surface area contributed by atoms with Gasteiger partial charge in [0.2, 0.25) is 0 Å². The van der Waals surface area contributed by atoms with E-state index < -0.39 is 0 Å². The molecule has 2 bridgehead atoms. The summed E-state index contributed by atoms with van der Waals surface area (Å²) in [4.78, 5) is 11.6. The van der Waals surface area contributed by atoms with Crippen LogP contribution >= 0.6 is 0 Å². The molecule has 2 fully saturated rings. The third-order valence-electron chi connectivity index (χ3n) is 5.72. The summed E-state index contributed by atoms with van der Waals surface area (Å²) in [6.45, 7) is 14.7. The molecule has 2 aliphatic rings. The molecule has 17 heavy (non-hydrogen) atoms. The summed E-state index contributed by atoms with van der Waals surface area (Å²) in [7, 11) is 0. The molecule has 2 nitrogen and oxygen atoms in total. The summed E-state index contributed by atoms with van der Waals surface area (Å²) in [5, 5.41) is 0. The Balaban J connectivity index is 2.13. The summed E-state index contributed by atoms with van der Waals surface area (Å²) >= 11 is 0. The van der Waals surface area contributed by atoms with Gasteiger partial charge in [-0.05, 0) is 36.5 Å². The predicted octanol–water partition coefficient (Wildman–Crippen LogP) is 3.57. The van der Waals surface area contributed by atoms with E-state index in [1.54, 1.807) is 6.92 Å². The highest BCUT2D eigenvalue weighted by atomic mass is 16.5. The van der Waals surface area contributed by atoms with Gasteiger partial charge in [0.25, 0.3) is 0 Å². The van der Waals surface area contributed by atoms with E-state index in [9.17, 15) is 4.79 Å². The first-order valence-corrected chi connectivity index (χ1v) is 6.54. The van der Waals surface area contributed by atoms with Crippen LogP contribution in [0, 0.1) is 22.7 Å². The van der Waals surface area contributed by atoms with Crippen LogP contribution in [0.25, 0.3) is 0 Å². The van der Waals surface area contributed by atoms with Gasteiger partial charge in [-0.3, -0.25) is 0 Å². The van der Waals surface area contributed by atoms with Crippen LogP contribution in [0.1, 0.15) is 47.5 Å². The molecule has 2 aliphatic carbocycles. The molecule has 0 radical (unpaired) electrons.